The van der Waals surface area contributed by atoms with Gasteiger partial charge < -0.3 is 10.8 Å². The van der Waals surface area contributed by atoms with E-state index in [9.17, 15) is 8.42 Å². The molecule has 1 aromatic carbocycles. The number of benzene rings is 1. The number of rotatable bonds is 4. The van der Waals surface area contributed by atoms with Crippen LogP contribution in [0.1, 0.15) is 18.0 Å². The quantitative estimate of drug-likeness (QED) is 0.786. The van der Waals surface area contributed by atoms with E-state index in [1.54, 1.807) is 18.2 Å². The Kier molecular flexibility index (Phi) is 3.84. The van der Waals surface area contributed by atoms with Crippen molar-refractivity contribution in [1.29, 1.82) is 0 Å². The van der Waals surface area contributed by atoms with Crippen molar-refractivity contribution in [2.75, 3.05) is 12.9 Å². The molecule has 5 heteroatoms. The van der Waals surface area contributed by atoms with Crippen LogP contribution in [0.25, 0.3) is 0 Å². The molecule has 0 fully saturated rings. The first-order valence-electron chi connectivity index (χ1n) is 4.62. The van der Waals surface area contributed by atoms with E-state index < -0.39 is 15.9 Å². The van der Waals surface area contributed by atoms with E-state index >= 15 is 0 Å². The van der Waals surface area contributed by atoms with E-state index in [0.29, 0.717) is 12.0 Å². The molecular weight excluding hydrogens is 214 g/mol. The van der Waals surface area contributed by atoms with Gasteiger partial charge in [-0.05, 0) is 18.1 Å². The third kappa shape index (κ3) is 3.02. The Morgan fingerprint density at radius 3 is 2.53 bits per heavy atom. The van der Waals surface area contributed by atoms with Crippen LogP contribution in [0, 0.1) is 0 Å². The third-order valence-corrected chi connectivity index (χ3v) is 3.33. The van der Waals surface area contributed by atoms with Gasteiger partial charge in [-0.25, -0.2) is 8.42 Å². The molecule has 1 atom stereocenters. The molecule has 0 heterocycles. The molecule has 0 spiro atoms. The smallest absolute Gasteiger partial charge is 0.175 e. The predicted octanol–water partition coefficient (Wildman–Crippen LogP) is 0.472. The topological polar surface area (TPSA) is 80.4 Å². The SMILES string of the molecule is CS(=O)(=O)c1ccccc1C(N)CCO. The maximum Gasteiger partial charge on any atom is 0.175 e. The molecule has 1 rings (SSSR count). The standard InChI is InChI=1S/C10H15NO3S/c1-15(13,14)10-5-3-2-4-8(10)9(11)6-7-12/h2-5,9,12H,6-7,11H2,1H3. The molecule has 0 saturated carbocycles. The Hall–Kier alpha value is -0.910. The van der Waals surface area contributed by atoms with E-state index in [-0.39, 0.29) is 11.5 Å². The molecule has 4 nitrogen and oxygen atoms in total. The van der Waals surface area contributed by atoms with Crippen molar-refractivity contribution < 1.29 is 13.5 Å². The summed E-state index contributed by atoms with van der Waals surface area (Å²) in [6.07, 6.45) is 1.50. The van der Waals surface area contributed by atoms with Gasteiger partial charge in [-0.3, -0.25) is 0 Å². The Morgan fingerprint density at radius 2 is 2.00 bits per heavy atom. The molecule has 1 aromatic rings. The summed E-state index contributed by atoms with van der Waals surface area (Å²) in [6.45, 7) is -0.0563. The summed E-state index contributed by atoms with van der Waals surface area (Å²) in [4.78, 5) is 0.242. The number of aliphatic hydroxyl groups excluding tert-OH is 1. The van der Waals surface area contributed by atoms with Crippen LogP contribution in [-0.2, 0) is 9.84 Å². The van der Waals surface area contributed by atoms with Gasteiger partial charge in [0.15, 0.2) is 9.84 Å². The summed E-state index contributed by atoms with van der Waals surface area (Å²) in [6, 6.07) is 6.16. The zero-order valence-electron chi connectivity index (χ0n) is 8.55. The van der Waals surface area contributed by atoms with Crippen molar-refractivity contribution in [2.24, 2.45) is 5.73 Å². The van der Waals surface area contributed by atoms with E-state index in [1.807, 2.05) is 0 Å². The number of nitrogens with two attached hydrogens (primary N) is 1. The van der Waals surface area contributed by atoms with Crippen LogP contribution in [0.4, 0.5) is 0 Å². The molecule has 0 saturated heterocycles. The van der Waals surface area contributed by atoms with Crippen molar-refractivity contribution in [3.63, 3.8) is 0 Å². The van der Waals surface area contributed by atoms with Crippen LogP contribution >= 0.6 is 0 Å². The zero-order chi connectivity index (χ0) is 11.5. The van der Waals surface area contributed by atoms with Gasteiger partial charge in [-0.1, -0.05) is 18.2 Å². The summed E-state index contributed by atoms with van der Waals surface area (Å²) in [5.74, 6) is 0. The minimum Gasteiger partial charge on any atom is -0.396 e. The van der Waals surface area contributed by atoms with Crippen LogP contribution in [0.5, 0.6) is 0 Å². The van der Waals surface area contributed by atoms with Crippen molar-refractivity contribution in [3.8, 4) is 0 Å². The average Bonchev–Trinajstić information content (AvgIpc) is 2.17. The van der Waals surface area contributed by atoms with Crippen molar-refractivity contribution in [2.45, 2.75) is 17.4 Å². The molecule has 1 unspecified atom stereocenters. The first kappa shape index (κ1) is 12.2. The van der Waals surface area contributed by atoms with E-state index in [2.05, 4.69) is 0 Å². The van der Waals surface area contributed by atoms with Crippen LogP contribution in [0.15, 0.2) is 29.2 Å². The van der Waals surface area contributed by atoms with Gasteiger partial charge in [-0.2, -0.15) is 0 Å². The number of aliphatic hydroxyl groups is 1. The molecule has 0 aliphatic rings. The number of hydrogen-bond donors (Lipinski definition) is 2. The second-order valence-corrected chi connectivity index (χ2v) is 5.41. The fraction of sp³-hybridized carbons (Fsp3) is 0.400. The Morgan fingerprint density at radius 1 is 1.40 bits per heavy atom. The monoisotopic (exact) mass is 229 g/mol. The molecule has 84 valence electrons. The minimum atomic E-state index is -3.26. The molecule has 0 radical (unpaired) electrons. The number of sulfone groups is 1. The van der Waals surface area contributed by atoms with Crippen LogP contribution < -0.4 is 5.73 Å². The molecule has 0 bridgehead atoms. The largest absolute Gasteiger partial charge is 0.396 e. The van der Waals surface area contributed by atoms with Crippen LogP contribution in [-0.4, -0.2) is 26.4 Å². The fourth-order valence-corrected chi connectivity index (χ4v) is 2.39. The molecule has 0 amide bonds. The maximum absolute atomic E-state index is 11.4. The summed E-state index contributed by atoms with van der Waals surface area (Å²) >= 11 is 0. The highest BCUT2D eigenvalue weighted by molar-refractivity contribution is 7.90. The summed E-state index contributed by atoms with van der Waals surface area (Å²) in [5.41, 5.74) is 6.34. The summed E-state index contributed by atoms with van der Waals surface area (Å²) in [5, 5.41) is 8.76. The van der Waals surface area contributed by atoms with Gasteiger partial charge in [0.2, 0.25) is 0 Å². The van der Waals surface area contributed by atoms with E-state index in [1.165, 1.54) is 6.07 Å². The van der Waals surface area contributed by atoms with E-state index in [4.69, 9.17) is 10.8 Å². The van der Waals surface area contributed by atoms with Crippen LogP contribution in [0.2, 0.25) is 0 Å². The van der Waals surface area contributed by atoms with Crippen LogP contribution in [0.3, 0.4) is 0 Å². The molecule has 3 N–H and O–H groups in total. The number of hydrogen-bond acceptors (Lipinski definition) is 4. The lowest BCUT2D eigenvalue weighted by atomic mass is 10.1. The second-order valence-electron chi connectivity index (χ2n) is 3.43. The summed E-state index contributed by atoms with van der Waals surface area (Å²) < 4.78 is 22.9. The fourth-order valence-electron chi connectivity index (χ4n) is 1.42. The van der Waals surface area contributed by atoms with Gasteiger partial charge in [0.05, 0.1) is 4.90 Å². The maximum atomic E-state index is 11.4. The predicted molar refractivity (Wildman–Crippen MR) is 58.2 cm³/mol. The molecular formula is C10H15NO3S. The Balaban J connectivity index is 3.18. The highest BCUT2D eigenvalue weighted by atomic mass is 32.2. The molecule has 0 aromatic heterocycles. The Labute approximate surface area is 89.7 Å². The van der Waals surface area contributed by atoms with Gasteiger partial charge in [0, 0.05) is 18.9 Å². The van der Waals surface area contributed by atoms with Gasteiger partial charge in [-0.15, -0.1) is 0 Å². The molecule has 0 aliphatic carbocycles. The van der Waals surface area contributed by atoms with E-state index in [0.717, 1.165) is 6.26 Å². The third-order valence-electron chi connectivity index (χ3n) is 2.16. The normalized spacial score (nSPS) is 13.8. The summed E-state index contributed by atoms with van der Waals surface area (Å²) in [7, 11) is -3.26. The Bertz CT molecular complexity index is 428. The lowest BCUT2D eigenvalue weighted by Gasteiger charge is -2.14. The second kappa shape index (κ2) is 4.74. The zero-order valence-corrected chi connectivity index (χ0v) is 9.37. The molecule has 0 aliphatic heterocycles. The average molecular weight is 229 g/mol. The van der Waals surface area contributed by atoms with Crippen molar-refractivity contribution >= 4 is 9.84 Å². The minimum absolute atomic E-state index is 0.0563. The molecule has 15 heavy (non-hydrogen) atoms. The van der Waals surface area contributed by atoms with Gasteiger partial charge >= 0.3 is 0 Å². The highest BCUT2D eigenvalue weighted by Crippen LogP contribution is 2.22. The van der Waals surface area contributed by atoms with Crippen molar-refractivity contribution in [1.82, 2.24) is 0 Å². The lowest BCUT2D eigenvalue weighted by Crippen LogP contribution is -2.15. The highest BCUT2D eigenvalue weighted by Gasteiger charge is 2.16. The first-order valence-corrected chi connectivity index (χ1v) is 6.51. The van der Waals surface area contributed by atoms with Crippen molar-refractivity contribution in [3.05, 3.63) is 29.8 Å². The lowest BCUT2D eigenvalue weighted by molar-refractivity contribution is 0.276. The first-order chi connectivity index (χ1) is 6.96. The van der Waals surface area contributed by atoms with Gasteiger partial charge in [0.25, 0.3) is 0 Å². The van der Waals surface area contributed by atoms with Gasteiger partial charge in [0.1, 0.15) is 0 Å².